The first-order chi connectivity index (χ1) is 9.11. The van der Waals surface area contributed by atoms with E-state index < -0.39 is 0 Å². The first kappa shape index (κ1) is 14.0. The van der Waals surface area contributed by atoms with Crippen molar-refractivity contribution in [3.8, 4) is 0 Å². The molecule has 0 aromatic carbocycles. The largest absolute Gasteiger partial charge is 0.469 e. The Hall–Kier alpha value is -1.40. The van der Waals surface area contributed by atoms with E-state index in [9.17, 15) is 9.59 Å². The van der Waals surface area contributed by atoms with E-state index in [0.717, 1.165) is 10.4 Å². The summed E-state index contributed by atoms with van der Waals surface area (Å²) < 4.78 is 10.1. The quantitative estimate of drug-likeness (QED) is 0.788. The Kier molecular flexibility index (Phi) is 4.55. The number of aryl methyl sites for hydroxylation is 1. The van der Waals surface area contributed by atoms with Crippen molar-refractivity contribution in [3.05, 3.63) is 21.9 Å². The Bertz CT molecular complexity index is 471. The molecule has 2 heterocycles. The van der Waals surface area contributed by atoms with Crippen molar-refractivity contribution in [1.29, 1.82) is 0 Å². The minimum absolute atomic E-state index is 0.0191. The van der Waals surface area contributed by atoms with Crippen LogP contribution in [0.15, 0.2) is 11.4 Å². The number of nitrogens with zero attached hydrogens (tertiary/aromatic N) is 1. The van der Waals surface area contributed by atoms with E-state index in [0.29, 0.717) is 19.7 Å². The van der Waals surface area contributed by atoms with Gasteiger partial charge in [-0.1, -0.05) is 0 Å². The van der Waals surface area contributed by atoms with Crippen LogP contribution in [-0.4, -0.2) is 49.7 Å². The number of hydrogen-bond acceptors (Lipinski definition) is 5. The van der Waals surface area contributed by atoms with Gasteiger partial charge in [0.1, 0.15) is 0 Å². The molecule has 19 heavy (non-hydrogen) atoms. The zero-order chi connectivity index (χ0) is 13.8. The Labute approximate surface area is 116 Å². The molecular weight excluding hydrogens is 266 g/mol. The van der Waals surface area contributed by atoms with Gasteiger partial charge in [-0.2, -0.15) is 0 Å². The van der Waals surface area contributed by atoms with Crippen LogP contribution >= 0.6 is 11.3 Å². The van der Waals surface area contributed by atoms with Gasteiger partial charge in [0.15, 0.2) is 0 Å². The molecule has 0 radical (unpaired) electrons. The Balaban J connectivity index is 1.99. The molecule has 1 aromatic heterocycles. The summed E-state index contributed by atoms with van der Waals surface area (Å²) in [7, 11) is 1.35. The van der Waals surface area contributed by atoms with E-state index in [1.165, 1.54) is 18.4 Å². The zero-order valence-electron chi connectivity index (χ0n) is 11.0. The number of amides is 1. The van der Waals surface area contributed by atoms with Crippen LogP contribution in [0.2, 0.25) is 0 Å². The molecule has 1 atom stereocenters. The van der Waals surface area contributed by atoms with Crippen LogP contribution < -0.4 is 0 Å². The molecule has 6 heteroatoms. The first-order valence-electron chi connectivity index (χ1n) is 6.13. The Morgan fingerprint density at radius 1 is 1.58 bits per heavy atom. The van der Waals surface area contributed by atoms with Crippen LogP contribution in [-0.2, 0) is 14.3 Å². The van der Waals surface area contributed by atoms with Gasteiger partial charge in [0.2, 0.25) is 0 Å². The van der Waals surface area contributed by atoms with Crippen LogP contribution in [0.3, 0.4) is 0 Å². The second-order valence-electron chi connectivity index (χ2n) is 4.46. The monoisotopic (exact) mass is 283 g/mol. The number of methoxy groups -OCH3 is 1. The number of hydrogen-bond donors (Lipinski definition) is 0. The molecule has 1 aliphatic rings. The zero-order valence-corrected chi connectivity index (χ0v) is 11.9. The lowest BCUT2D eigenvalue weighted by Crippen LogP contribution is -2.46. The van der Waals surface area contributed by atoms with Crippen molar-refractivity contribution in [2.24, 2.45) is 0 Å². The second-order valence-corrected chi connectivity index (χ2v) is 5.37. The van der Waals surface area contributed by atoms with Crippen LogP contribution in [0.25, 0.3) is 0 Å². The van der Waals surface area contributed by atoms with Gasteiger partial charge in [-0.05, 0) is 23.9 Å². The molecule has 1 amide bonds. The Morgan fingerprint density at radius 2 is 2.37 bits per heavy atom. The summed E-state index contributed by atoms with van der Waals surface area (Å²) in [6.45, 7) is 3.38. The molecule has 1 unspecified atom stereocenters. The molecule has 0 saturated carbocycles. The number of esters is 1. The topological polar surface area (TPSA) is 55.8 Å². The Morgan fingerprint density at radius 3 is 3.00 bits per heavy atom. The molecule has 0 aliphatic carbocycles. The number of ether oxygens (including phenoxy) is 2. The highest BCUT2D eigenvalue weighted by atomic mass is 32.1. The molecule has 2 rings (SSSR count). The van der Waals surface area contributed by atoms with Crippen LogP contribution in [0.5, 0.6) is 0 Å². The summed E-state index contributed by atoms with van der Waals surface area (Å²) in [5, 5.41) is 1.91. The van der Waals surface area contributed by atoms with Crippen LogP contribution in [0.1, 0.15) is 21.7 Å². The average Bonchev–Trinajstić information content (AvgIpc) is 2.84. The van der Waals surface area contributed by atoms with E-state index in [4.69, 9.17) is 4.74 Å². The van der Waals surface area contributed by atoms with Crippen LogP contribution in [0.4, 0.5) is 0 Å². The number of morpholine rings is 1. The lowest BCUT2D eigenvalue weighted by atomic mass is 10.2. The number of thiophene rings is 1. The maximum atomic E-state index is 12.3. The summed E-state index contributed by atoms with van der Waals surface area (Å²) in [5.41, 5.74) is 0.992. The van der Waals surface area contributed by atoms with Crippen molar-refractivity contribution in [3.63, 3.8) is 0 Å². The van der Waals surface area contributed by atoms with Gasteiger partial charge in [0.05, 0.1) is 31.1 Å². The van der Waals surface area contributed by atoms with Gasteiger partial charge >= 0.3 is 5.97 Å². The number of carbonyl (C=O) groups excluding carboxylic acids is 2. The fourth-order valence-electron chi connectivity index (χ4n) is 2.03. The molecule has 104 valence electrons. The third-order valence-corrected chi connectivity index (χ3v) is 4.11. The van der Waals surface area contributed by atoms with Crippen molar-refractivity contribution in [2.45, 2.75) is 19.4 Å². The molecular formula is C13H17NO4S. The SMILES string of the molecule is COC(=O)CC1CN(C(=O)c2sccc2C)CCO1. The molecule has 0 bridgehead atoms. The molecule has 1 saturated heterocycles. The summed E-state index contributed by atoms with van der Waals surface area (Å²) >= 11 is 1.45. The van der Waals surface area contributed by atoms with Crippen molar-refractivity contribution >= 4 is 23.2 Å². The molecule has 1 aromatic rings. The van der Waals surface area contributed by atoms with Gasteiger partial charge in [-0.15, -0.1) is 11.3 Å². The smallest absolute Gasteiger partial charge is 0.308 e. The summed E-state index contributed by atoms with van der Waals surface area (Å²) in [4.78, 5) is 26.1. The third kappa shape index (κ3) is 3.33. The normalized spacial score (nSPS) is 19.3. The number of rotatable bonds is 3. The fraction of sp³-hybridized carbons (Fsp3) is 0.538. The molecule has 5 nitrogen and oxygen atoms in total. The summed E-state index contributed by atoms with van der Waals surface area (Å²) in [5.74, 6) is -0.294. The summed E-state index contributed by atoms with van der Waals surface area (Å²) in [6.07, 6.45) is -0.0885. The predicted octanol–water partition coefficient (Wildman–Crippen LogP) is 1.46. The molecule has 0 N–H and O–H groups in total. The highest BCUT2D eigenvalue weighted by Gasteiger charge is 2.27. The highest BCUT2D eigenvalue weighted by Crippen LogP contribution is 2.20. The van der Waals surface area contributed by atoms with E-state index >= 15 is 0 Å². The standard InChI is InChI=1S/C13H17NO4S/c1-9-3-6-19-12(9)13(16)14-4-5-18-10(8-14)7-11(15)17-2/h3,6,10H,4-5,7-8H2,1-2H3. The van der Waals surface area contributed by atoms with Crippen molar-refractivity contribution in [1.82, 2.24) is 4.90 Å². The maximum absolute atomic E-state index is 12.3. The van der Waals surface area contributed by atoms with E-state index in [1.54, 1.807) is 4.90 Å². The molecule has 1 aliphatic heterocycles. The molecule has 1 fully saturated rings. The first-order valence-corrected chi connectivity index (χ1v) is 7.01. The molecule has 0 spiro atoms. The van der Waals surface area contributed by atoms with Gasteiger partial charge in [-0.25, -0.2) is 0 Å². The van der Waals surface area contributed by atoms with Crippen molar-refractivity contribution in [2.75, 3.05) is 26.8 Å². The van der Waals surface area contributed by atoms with Crippen molar-refractivity contribution < 1.29 is 19.1 Å². The van der Waals surface area contributed by atoms with E-state index in [2.05, 4.69) is 4.74 Å². The van der Waals surface area contributed by atoms with E-state index in [-0.39, 0.29) is 24.4 Å². The second kappa shape index (κ2) is 6.16. The number of carbonyl (C=O) groups is 2. The fourth-order valence-corrected chi connectivity index (χ4v) is 2.92. The van der Waals surface area contributed by atoms with Gasteiger partial charge in [-0.3, -0.25) is 9.59 Å². The average molecular weight is 283 g/mol. The lowest BCUT2D eigenvalue weighted by molar-refractivity contribution is -0.145. The summed E-state index contributed by atoms with van der Waals surface area (Å²) in [6, 6.07) is 1.93. The van der Waals surface area contributed by atoms with E-state index in [1.807, 2.05) is 18.4 Å². The predicted molar refractivity (Wildman–Crippen MR) is 71.3 cm³/mol. The minimum Gasteiger partial charge on any atom is -0.469 e. The third-order valence-electron chi connectivity index (χ3n) is 3.10. The lowest BCUT2D eigenvalue weighted by Gasteiger charge is -2.32. The highest BCUT2D eigenvalue weighted by molar-refractivity contribution is 7.12. The minimum atomic E-state index is -0.313. The van der Waals surface area contributed by atoms with Gasteiger partial charge in [0.25, 0.3) is 5.91 Å². The van der Waals surface area contributed by atoms with Gasteiger partial charge < -0.3 is 14.4 Å². The van der Waals surface area contributed by atoms with Crippen LogP contribution in [0, 0.1) is 6.92 Å². The van der Waals surface area contributed by atoms with Gasteiger partial charge in [0, 0.05) is 13.1 Å². The maximum Gasteiger partial charge on any atom is 0.308 e.